The largest absolute Gasteiger partial charge is 0.464 e. The molecular weight excluding hydrogens is 867 g/mol. The lowest BCUT2D eigenvalue weighted by Crippen LogP contribution is -2.56. The molecule has 66 heavy (non-hydrogen) atoms. The van der Waals surface area contributed by atoms with E-state index >= 15 is 8.78 Å². The Morgan fingerprint density at radius 3 is 2.52 bits per heavy atom. The summed E-state index contributed by atoms with van der Waals surface area (Å²) in [7, 11) is 1.14. The highest BCUT2D eigenvalue weighted by Gasteiger charge is 2.40. The number of aromatic nitrogens is 5. The second-order valence-corrected chi connectivity index (χ2v) is 19.6. The minimum absolute atomic E-state index is 0.0179. The smallest absolute Gasteiger partial charge is 0.407 e. The molecule has 1 aliphatic carbocycles. The third-order valence-electron chi connectivity index (χ3n) is 13.4. The fraction of sp³-hybridized carbons (Fsp3) is 0.449. The number of H-pyrrole nitrogens is 2. The van der Waals surface area contributed by atoms with E-state index in [0.717, 1.165) is 72.2 Å². The molecule has 346 valence electrons. The highest BCUT2D eigenvalue weighted by Crippen LogP contribution is 2.50. The van der Waals surface area contributed by atoms with Gasteiger partial charge in [-0.2, -0.15) is 0 Å². The van der Waals surface area contributed by atoms with Crippen LogP contribution in [-0.4, -0.2) is 97.3 Å². The van der Waals surface area contributed by atoms with Crippen LogP contribution in [0.3, 0.4) is 0 Å². The fourth-order valence-corrected chi connectivity index (χ4v) is 10.9. The standard InChI is InChI=1S/C49H54F2N8O6S/c1-5-57(46(61)44(49(2,3)51)56-48(62)63-4)26-41-52-24-34(54-41)30-21-32(50)43-37-22-31-20-29(10-11-35(31)59(37)47(65-38(43)23-30)40-13-12-39(66-40)28-8-9-28)33-25-53-45(55-33)36-7-6-16-58(36)42(60)19-27-14-17-64-18-15-27/h10-13,20-25,27-28,36,44,47H,5-9,14-19,26H2,1-4H3,(H,52,54)(H,53,55)(H,56,62). The van der Waals surface area contributed by atoms with Gasteiger partial charge in [-0.15, -0.1) is 11.3 Å². The third-order valence-corrected chi connectivity index (χ3v) is 14.7. The number of hydrogen-bond acceptors (Lipinski definition) is 9. The van der Waals surface area contributed by atoms with Crippen molar-refractivity contribution >= 4 is 40.1 Å². The Morgan fingerprint density at radius 2 is 1.76 bits per heavy atom. The van der Waals surface area contributed by atoms with Crippen LogP contribution >= 0.6 is 11.3 Å². The van der Waals surface area contributed by atoms with Crippen LogP contribution in [0, 0.1) is 11.7 Å². The van der Waals surface area contributed by atoms with E-state index in [1.807, 2.05) is 29.3 Å². The molecule has 0 bridgehead atoms. The van der Waals surface area contributed by atoms with Gasteiger partial charge in [-0.25, -0.2) is 23.5 Å². The highest BCUT2D eigenvalue weighted by atomic mass is 32.1. The molecule has 2 saturated heterocycles. The number of benzene rings is 2. The molecule has 3 atom stereocenters. The molecule has 3 unspecified atom stereocenters. The Bertz CT molecular complexity index is 2800. The van der Waals surface area contributed by atoms with Crippen LogP contribution in [-0.2, 0) is 25.6 Å². The monoisotopic (exact) mass is 920 g/mol. The van der Waals surface area contributed by atoms with E-state index in [-0.39, 0.29) is 25.0 Å². The topological polar surface area (TPSA) is 160 Å². The molecule has 1 saturated carbocycles. The van der Waals surface area contributed by atoms with Gasteiger partial charge < -0.3 is 39.3 Å². The van der Waals surface area contributed by atoms with E-state index < -0.39 is 35.8 Å². The second kappa shape index (κ2) is 17.6. The number of halogens is 2. The highest BCUT2D eigenvalue weighted by molar-refractivity contribution is 7.12. The molecule has 3 aliphatic heterocycles. The first-order valence-electron chi connectivity index (χ1n) is 22.9. The minimum atomic E-state index is -2.09. The molecule has 0 spiro atoms. The third kappa shape index (κ3) is 8.46. The van der Waals surface area contributed by atoms with Crippen LogP contribution in [0.15, 0.2) is 60.9 Å². The summed E-state index contributed by atoms with van der Waals surface area (Å²) >= 11 is 1.72. The lowest BCUT2D eigenvalue weighted by atomic mass is 9.96. The molecule has 0 radical (unpaired) electrons. The average Bonchev–Trinajstić information content (AvgIpc) is 3.89. The van der Waals surface area contributed by atoms with Crippen LogP contribution in [0.5, 0.6) is 5.75 Å². The number of aromatic amines is 2. The molecule has 4 aromatic heterocycles. The normalized spacial score (nSPS) is 19.0. The summed E-state index contributed by atoms with van der Waals surface area (Å²) in [6.07, 6.45) is 8.41. The molecule has 17 heteroatoms. The van der Waals surface area contributed by atoms with Gasteiger partial charge in [-0.1, -0.05) is 6.07 Å². The molecule has 2 aromatic carbocycles. The Balaban J connectivity index is 0.946. The van der Waals surface area contributed by atoms with E-state index in [1.165, 1.54) is 42.5 Å². The molecular formula is C49H54F2N8O6S. The summed E-state index contributed by atoms with van der Waals surface area (Å²) in [5.41, 5.74) is 2.57. The number of alkyl carbamates (subject to hydrolysis) is 1. The van der Waals surface area contributed by atoms with Gasteiger partial charge in [0.05, 0.1) is 65.1 Å². The number of carbonyl (C=O) groups is 3. The number of imidazole rings is 2. The van der Waals surface area contributed by atoms with Gasteiger partial charge in [0.15, 0.2) is 0 Å². The number of methoxy groups -OCH3 is 1. The van der Waals surface area contributed by atoms with Gasteiger partial charge in [-0.3, -0.25) is 14.2 Å². The first kappa shape index (κ1) is 43.8. The van der Waals surface area contributed by atoms with Crippen molar-refractivity contribution in [3.63, 3.8) is 0 Å². The van der Waals surface area contributed by atoms with E-state index in [0.29, 0.717) is 65.6 Å². The van der Waals surface area contributed by atoms with E-state index in [4.69, 9.17) is 14.5 Å². The maximum atomic E-state index is 16.8. The summed E-state index contributed by atoms with van der Waals surface area (Å²) in [6, 6.07) is 14.1. The van der Waals surface area contributed by atoms with Crippen molar-refractivity contribution < 1.29 is 37.4 Å². The zero-order valence-electron chi connectivity index (χ0n) is 37.5. The van der Waals surface area contributed by atoms with Crippen molar-refractivity contribution in [2.45, 2.75) is 102 Å². The quantitative estimate of drug-likeness (QED) is 0.103. The van der Waals surface area contributed by atoms with Crippen LogP contribution < -0.4 is 10.1 Å². The molecule has 7 heterocycles. The van der Waals surface area contributed by atoms with Gasteiger partial charge >= 0.3 is 6.09 Å². The number of amides is 3. The summed E-state index contributed by atoms with van der Waals surface area (Å²) < 4.78 is 51.1. The minimum Gasteiger partial charge on any atom is -0.464 e. The van der Waals surface area contributed by atoms with Crippen molar-refractivity contribution in [3.05, 3.63) is 88.1 Å². The van der Waals surface area contributed by atoms with Crippen molar-refractivity contribution in [3.8, 4) is 39.5 Å². The number of rotatable bonds is 13. The number of hydrogen-bond donors (Lipinski definition) is 3. The summed E-state index contributed by atoms with van der Waals surface area (Å²) in [4.78, 5) is 60.8. The Morgan fingerprint density at radius 1 is 0.985 bits per heavy atom. The average molecular weight is 921 g/mol. The number of alkyl halides is 1. The molecule has 3 amide bonds. The number of ether oxygens (including phenoxy) is 3. The number of nitrogens with one attached hydrogen (secondary N) is 3. The molecule has 4 aliphatic rings. The first-order valence-corrected chi connectivity index (χ1v) is 23.7. The van der Waals surface area contributed by atoms with Crippen LogP contribution in [0.1, 0.15) is 105 Å². The van der Waals surface area contributed by atoms with Gasteiger partial charge in [0.1, 0.15) is 34.9 Å². The van der Waals surface area contributed by atoms with Gasteiger partial charge in [0, 0.05) is 54.1 Å². The van der Waals surface area contributed by atoms with Crippen molar-refractivity contribution in [2.24, 2.45) is 5.92 Å². The van der Waals surface area contributed by atoms with Gasteiger partial charge in [0.2, 0.25) is 18.0 Å². The lowest BCUT2D eigenvalue weighted by molar-refractivity contribution is -0.137. The molecule has 3 N–H and O–H groups in total. The van der Waals surface area contributed by atoms with Gasteiger partial charge in [-0.05, 0) is 114 Å². The maximum absolute atomic E-state index is 16.8. The van der Waals surface area contributed by atoms with E-state index in [1.54, 1.807) is 24.5 Å². The lowest BCUT2D eigenvalue weighted by Gasteiger charge is -2.31. The van der Waals surface area contributed by atoms with Crippen LogP contribution in [0.25, 0.3) is 44.7 Å². The number of thiophene rings is 1. The summed E-state index contributed by atoms with van der Waals surface area (Å²) in [5.74, 6) is 1.51. The van der Waals surface area contributed by atoms with Crippen LogP contribution in [0.2, 0.25) is 0 Å². The Hall–Kier alpha value is -6.07. The zero-order valence-corrected chi connectivity index (χ0v) is 38.3. The van der Waals surface area contributed by atoms with Crippen molar-refractivity contribution in [1.82, 2.24) is 39.6 Å². The van der Waals surface area contributed by atoms with Gasteiger partial charge in [0.25, 0.3) is 0 Å². The first-order chi connectivity index (χ1) is 31.9. The number of likely N-dealkylation sites (tertiary alicyclic amines) is 1. The predicted octanol–water partition coefficient (Wildman–Crippen LogP) is 9.41. The van der Waals surface area contributed by atoms with Crippen molar-refractivity contribution in [2.75, 3.05) is 33.4 Å². The molecule has 14 nitrogen and oxygen atoms in total. The second-order valence-electron chi connectivity index (χ2n) is 18.4. The van der Waals surface area contributed by atoms with E-state index in [9.17, 15) is 14.4 Å². The SMILES string of the molecule is CCN(Cc1ncc(-c2cc(F)c3c(c2)OC(c2ccc(C4CC4)s2)n2c-3cc3cc(-c4cnc(C5CCCN5C(=O)CC5CCOCC5)[nH]4)ccc32)[nH]1)C(=O)C(NC(=O)OC)C(C)(C)F. The maximum Gasteiger partial charge on any atom is 0.407 e. The zero-order chi connectivity index (χ0) is 45.9. The van der Waals surface area contributed by atoms with Crippen LogP contribution in [0.4, 0.5) is 13.6 Å². The summed E-state index contributed by atoms with van der Waals surface area (Å²) in [6.45, 7) is 6.51. The Labute approximate surface area is 385 Å². The number of carbonyl (C=O) groups excluding carboxylic acids is 3. The Kier molecular flexibility index (Phi) is 11.7. The van der Waals surface area contributed by atoms with Crippen molar-refractivity contribution in [1.29, 1.82) is 0 Å². The molecule has 10 rings (SSSR count). The number of nitrogens with zero attached hydrogens (tertiary/aromatic N) is 5. The number of likely N-dealkylation sites (N-methyl/N-ethyl adjacent to an activating group) is 1. The predicted molar refractivity (Wildman–Crippen MR) is 245 cm³/mol. The molecule has 6 aromatic rings. The fourth-order valence-electron chi connectivity index (χ4n) is 9.69. The number of fused-ring (bicyclic) bond motifs is 5. The van der Waals surface area contributed by atoms with E-state index in [2.05, 4.69) is 53.8 Å². The summed E-state index contributed by atoms with van der Waals surface area (Å²) in [5, 5.41) is 3.22. The molecule has 3 fully saturated rings.